The van der Waals surface area contributed by atoms with Gasteiger partial charge < -0.3 is 4.90 Å². The molecular weight excluding hydrogens is 428 g/mol. The molecule has 4 rings (SSSR count). The largest absolute Gasteiger partial charge is 0.356 e. The maximum absolute atomic E-state index is 12.7. The van der Waals surface area contributed by atoms with Gasteiger partial charge in [0.25, 0.3) is 0 Å². The lowest BCUT2D eigenvalue weighted by atomic mass is 10.0. The van der Waals surface area contributed by atoms with Crippen molar-refractivity contribution in [1.29, 1.82) is 0 Å². The van der Waals surface area contributed by atoms with Crippen molar-refractivity contribution in [2.45, 2.75) is 43.0 Å². The number of hydrogen-bond donors (Lipinski definition) is 0. The van der Waals surface area contributed by atoms with E-state index in [1.807, 2.05) is 6.92 Å². The highest BCUT2D eigenvalue weighted by molar-refractivity contribution is 7.90. The second kappa shape index (κ2) is 9.46. The van der Waals surface area contributed by atoms with E-state index in [9.17, 15) is 8.42 Å². The number of aromatic nitrogens is 2. The lowest BCUT2D eigenvalue weighted by Crippen LogP contribution is -2.43. The first-order valence-electron chi connectivity index (χ1n) is 10.5. The normalized spacial score (nSPS) is 15.8. The van der Waals surface area contributed by atoms with Crippen LogP contribution in [0.25, 0.3) is 0 Å². The number of nitrogens with zero attached hydrogens (tertiary/aromatic N) is 4. The maximum atomic E-state index is 12.7. The van der Waals surface area contributed by atoms with Crippen LogP contribution in [0.2, 0.25) is 0 Å². The molecule has 1 saturated heterocycles. The highest BCUT2D eigenvalue weighted by atomic mass is 32.2. The van der Waals surface area contributed by atoms with Crippen LogP contribution in [-0.4, -0.2) is 49.5 Å². The molecule has 6 nitrogen and oxygen atoms in total. The van der Waals surface area contributed by atoms with E-state index in [0.717, 1.165) is 43.9 Å². The zero-order valence-corrected chi connectivity index (χ0v) is 19.6. The van der Waals surface area contributed by atoms with Crippen molar-refractivity contribution < 1.29 is 8.42 Å². The van der Waals surface area contributed by atoms with Crippen LogP contribution in [0.1, 0.15) is 29.7 Å². The number of anilines is 1. The SMILES string of the molecule is Cc1cc(S(=O)(=O)Cc2cscn2)cnc1N(C)C1CCN(Cc2ccccc2)CC1. The number of pyridine rings is 1. The highest BCUT2D eigenvalue weighted by Crippen LogP contribution is 2.26. The summed E-state index contributed by atoms with van der Waals surface area (Å²) in [5.41, 5.74) is 4.46. The Labute approximate surface area is 188 Å². The second-order valence-electron chi connectivity index (χ2n) is 8.15. The van der Waals surface area contributed by atoms with Gasteiger partial charge in [-0.1, -0.05) is 30.3 Å². The summed E-state index contributed by atoms with van der Waals surface area (Å²) in [5.74, 6) is 0.765. The Hall–Kier alpha value is -2.29. The van der Waals surface area contributed by atoms with Crippen molar-refractivity contribution in [2.75, 3.05) is 25.0 Å². The van der Waals surface area contributed by atoms with Gasteiger partial charge in [0, 0.05) is 44.3 Å². The number of benzene rings is 1. The zero-order valence-electron chi connectivity index (χ0n) is 17.9. The van der Waals surface area contributed by atoms with Crippen molar-refractivity contribution in [3.8, 4) is 0 Å². The fourth-order valence-electron chi connectivity index (χ4n) is 4.15. The average Bonchev–Trinajstić information content (AvgIpc) is 3.27. The molecule has 2 aromatic heterocycles. The van der Waals surface area contributed by atoms with E-state index in [4.69, 9.17) is 0 Å². The highest BCUT2D eigenvalue weighted by Gasteiger charge is 2.25. The van der Waals surface area contributed by atoms with Crippen LogP contribution in [0.5, 0.6) is 0 Å². The van der Waals surface area contributed by atoms with Gasteiger partial charge in [-0.25, -0.2) is 18.4 Å². The quantitative estimate of drug-likeness (QED) is 0.537. The van der Waals surface area contributed by atoms with Crippen LogP contribution in [0.15, 0.2) is 58.4 Å². The van der Waals surface area contributed by atoms with Gasteiger partial charge in [0.1, 0.15) is 5.82 Å². The molecule has 1 aliphatic heterocycles. The number of likely N-dealkylation sites (tertiary alicyclic amines) is 1. The summed E-state index contributed by atoms with van der Waals surface area (Å²) < 4.78 is 25.5. The van der Waals surface area contributed by atoms with E-state index in [1.165, 1.54) is 23.1 Å². The van der Waals surface area contributed by atoms with E-state index in [0.29, 0.717) is 11.7 Å². The lowest BCUT2D eigenvalue weighted by Gasteiger charge is -2.37. The molecule has 3 aromatic rings. The number of piperidine rings is 1. The van der Waals surface area contributed by atoms with E-state index in [-0.39, 0.29) is 10.6 Å². The molecule has 3 heterocycles. The Morgan fingerprint density at radius 1 is 1.16 bits per heavy atom. The predicted molar refractivity (Wildman–Crippen MR) is 125 cm³/mol. The first-order valence-corrected chi connectivity index (χ1v) is 13.1. The monoisotopic (exact) mass is 456 g/mol. The summed E-state index contributed by atoms with van der Waals surface area (Å²) in [4.78, 5) is 13.6. The Bertz CT molecular complexity index is 1090. The fraction of sp³-hybridized carbons (Fsp3) is 0.391. The first kappa shape index (κ1) is 21.9. The Morgan fingerprint density at radius 2 is 1.90 bits per heavy atom. The molecule has 164 valence electrons. The third kappa shape index (κ3) is 5.31. The predicted octanol–water partition coefficient (Wildman–Crippen LogP) is 3.92. The molecule has 31 heavy (non-hydrogen) atoms. The van der Waals surface area contributed by atoms with E-state index in [2.05, 4.69) is 57.1 Å². The number of sulfone groups is 1. The standard InChI is InChI=1S/C23H28N4O2S2/c1-18-12-22(31(28,29)16-20-15-30-17-25-20)13-24-23(18)26(2)21-8-10-27(11-9-21)14-19-6-4-3-5-7-19/h3-7,12-13,15,17,21H,8-11,14,16H2,1-2H3. The van der Waals surface area contributed by atoms with Crippen LogP contribution < -0.4 is 4.90 Å². The van der Waals surface area contributed by atoms with Crippen LogP contribution in [0.4, 0.5) is 5.82 Å². The van der Waals surface area contributed by atoms with Crippen LogP contribution in [0.3, 0.4) is 0 Å². The van der Waals surface area contributed by atoms with Crippen LogP contribution in [-0.2, 0) is 22.1 Å². The molecular formula is C23H28N4O2S2. The molecule has 1 aliphatic rings. The molecule has 0 radical (unpaired) electrons. The minimum atomic E-state index is -3.45. The van der Waals surface area contributed by atoms with Crippen LogP contribution in [0, 0.1) is 6.92 Å². The van der Waals surface area contributed by atoms with Gasteiger partial charge >= 0.3 is 0 Å². The summed E-state index contributed by atoms with van der Waals surface area (Å²) in [5, 5.41) is 1.77. The maximum Gasteiger partial charge on any atom is 0.185 e. The number of rotatable bonds is 7. The molecule has 0 aliphatic carbocycles. The average molecular weight is 457 g/mol. The van der Waals surface area contributed by atoms with Gasteiger partial charge in [0.15, 0.2) is 9.84 Å². The van der Waals surface area contributed by atoms with Crippen molar-refractivity contribution in [3.63, 3.8) is 0 Å². The summed E-state index contributed by atoms with van der Waals surface area (Å²) in [7, 11) is -1.39. The summed E-state index contributed by atoms with van der Waals surface area (Å²) in [6.45, 7) is 5.01. The Morgan fingerprint density at radius 3 is 2.55 bits per heavy atom. The zero-order chi connectivity index (χ0) is 21.8. The van der Waals surface area contributed by atoms with Crippen molar-refractivity contribution in [1.82, 2.24) is 14.9 Å². The van der Waals surface area contributed by atoms with Gasteiger partial charge in [-0.3, -0.25) is 4.90 Å². The summed E-state index contributed by atoms with van der Waals surface area (Å²) in [6, 6.07) is 12.7. The minimum Gasteiger partial charge on any atom is -0.356 e. The smallest absolute Gasteiger partial charge is 0.185 e. The van der Waals surface area contributed by atoms with Crippen molar-refractivity contribution >= 4 is 27.0 Å². The van der Waals surface area contributed by atoms with Gasteiger partial charge in [-0.15, -0.1) is 11.3 Å². The third-order valence-electron chi connectivity index (χ3n) is 5.89. The molecule has 0 N–H and O–H groups in total. The molecule has 0 saturated carbocycles. The minimum absolute atomic E-state index is 0.0906. The number of hydrogen-bond acceptors (Lipinski definition) is 7. The van der Waals surface area contributed by atoms with Gasteiger partial charge in [-0.2, -0.15) is 0 Å². The summed E-state index contributed by atoms with van der Waals surface area (Å²) >= 11 is 1.40. The number of thiazole rings is 1. The first-order chi connectivity index (χ1) is 14.9. The summed E-state index contributed by atoms with van der Waals surface area (Å²) in [6.07, 6.45) is 3.62. The molecule has 0 bridgehead atoms. The molecule has 0 atom stereocenters. The Balaban J connectivity index is 1.39. The number of aryl methyl sites for hydroxylation is 1. The van der Waals surface area contributed by atoms with Gasteiger partial charge in [0.2, 0.25) is 0 Å². The van der Waals surface area contributed by atoms with E-state index < -0.39 is 9.84 Å². The topological polar surface area (TPSA) is 66.4 Å². The molecule has 0 spiro atoms. The molecule has 8 heteroatoms. The van der Waals surface area contributed by atoms with Gasteiger partial charge in [0.05, 0.1) is 21.9 Å². The van der Waals surface area contributed by atoms with Crippen LogP contribution >= 0.6 is 11.3 Å². The molecule has 0 amide bonds. The van der Waals surface area contributed by atoms with E-state index >= 15 is 0 Å². The van der Waals surface area contributed by atoms with Crippen molar-refractivity contribution in [3.05, 3.63) is 70.3 Å². The van der Waals surface area contributed by atoms with Crippen molar-refractivity contribution in [2.24, 2.45) is 0 Å². The molecule has 0 unspecified atom stereocenters. The third-order valence-corrected chi connectivity index (χ3v) is 8.15. The second-order valence-corrected chi connectivity index (χ2v) is 10.9. The van der Waals surface area contributed by atoms with Gasteiger partial charge in [-0.05, 0) is 37.0 Å². The lowest BCUT2D eigenvalue weighted by molar-refractivity contribution is 0.203. The molecule has 1 fully saturated rings. The molecule has 1 aromatic carbocycles. The fourth-order valence-corrected chi connectivity index (χ4v) is 6.09. The Kier molecular flexibility index (Phi) is 6.69. The van der Waals surface area contributed by atoms with E-state index in [1.54, 1.807) is 17.0 Å².